The Labute approximate surface area is 137 Å². The van der Waals surface area contributed by atoms with Crippen molar-refractivity contribution < 1.29 is 14.3 Å². The second-order valence-corrected chi connectivity index (χ2v) is 6.51. The molecule has 0 spiro atoms. The van der Waals surface area contributed by atoms with Gasteiger partial charge in [0.15, 0.2) is 0 Å². The molecule has 0 saturated carbocycles. The Balaban J connectivity index is 2.18. The maximum Gasteiger partial charge on any atom is 0.407 e. The lowest BCUT2D eigenvalue weighted by Crippen LogP contribution is -2.32. The number of aldehydes is 1. The Hall–Kier alpha value is -2.36. The van der Waals surface area contributed by atoms with Gasteiger partial charge in [0.2, 0.25) is 0 Å². The summed E-state index contributed by atoms with van der Waals surface area (Å²) in [6.07, 6.45) is 6.07. The average molecular weight is 313 g/mol. The van der Waals surface area contributed by atoms with E-state index in [1.165, 1.54) is 0 Å². The lowest BCUT2D eigenvalue weighted by Gasteiger charge is -2.21. The number of nitrogens with one attached hydrogen (secondary N) is 1. The summed E-state index contributed by atoms with van der Waals surface area (Å²) in [5.41, 5.74) is 3.20. The van der Waals surface area contributed by atoms with Gasteiger partial charge in [0.1, 0.15) is 11.9 Å². The lowest BCUT2D eigenvalue weighted by atomic mass is 9.89. The SMILES string of the molecule is CC(C)(C)OC(=O)NCc1ccccc1C1=C(C=O)C=CCC1. The predicted molar refractivity (Wildman–Crippen MR) is 90.9 cm³/mol. The standard InChI is InChI=1S/C19H23NO3/c1-19(2,3)23-18(22)20-12-14-8-4-6-10-16(14)17-11-7-5-9-15(17)13-21/h4-6,8-10,13H,7,11-12H2,1-3H3,(H,20,22). The van der Waals surface area contributed by atoms with Gasteiger partial charge in [-0.15, -0.1) is 0 Å². The highest BCUT2D eigenvalue weighted by Crippen LogP contribution is 2.30. The number of amides is 1. The van der Waals surface area contributed by atoms with E-state index in [4.69, 9.17) is 4.74 Å². The van der Waals surface area contributed by atoms with E-state index in [0.29, 0.717) is 12.1 Å². The van der Waals surface area contributed by atoms with E-state index in [1.54, 1.807) is 0 Å². The molecule has 0 bridgehead atoms. The molecule has 0 atom stereocenters. The van der Waals surface area contributed by atoms with Gasteiger partial charge in [-0.1, -0.05) is 36.4 Å². The molecule has 4 nitrogen and oxygen atoms in total. The summed E-state index contributed by atoms with van der Waals surface area (Å²) in [5, 5.41) is 2.78. The Morgan fingerprint density at radius 2 is 2.04 bits per heavy atom. The average Bonchev–Trinajstić information content (AvgIpc) is 2.51. The normalized spacial score (nSPS) is 14.6. The van der Waals surface area contributed by atoms with Crippen molar-refractivity contribution in [1.82, 2.24) is 5.32 Å². The first-order valence-electron chi connectivity index (χ1n) is 7.81. The van der Waals surface area contributed by atoms with Crippen molar-refractivity contribution in [2.24, 2.45) is 0 Å². The number of hydrogen-bond donors (Lipinski definition) is 1. The summed E-state index contributed by atoms with van der Waals surface area (Å²) in [7, 11) is 0. The lowest BCUT2D eigenvalue weighted by molar-refractivity contribution is -0.104. The summed E-state index contributed by atoms with van der Waals surface area (Å²) in [6.45, 7) is 5.85. The monoisotopic (exact) mass is 313 g/mol. The zero-order chi connectivity index (χ0) is 16.9. The van der Waals surface area contributed by atoms with Crippen LogP contribution in [0.15, 0.2) is 42.0 Å². The zero-order valence-electron chi connectivity index (χ0n) is 13.9. The molecule has 0 saturated heterocycles. The van der Waals surface area contributed by atoms with Crippen LogP contribution in [0.2, 0.25) is 0 Å². The number of benzene rings is 1. The molecule has 1 amide bonds. The van der Waals surface area contributed by atoms with Crippen LogP contribution in [0.1, 0.15) is 44.7 Å². The van der Waals surface area contributed by atoms with Crippen molar-refractivity contribution in [3.63, 3.8) is 0 Å². The van der Waals surface area contributed by atoms with Crippen molar-refractivity contribution in [2.45, 2.75) is 45.8 Å². The number of allylic oxidation sites excluding steroid dienone is 4. The summed E-state index contributed by atoms with van der Waals surface area (Å²) in [5.74, 6) is 0. The molecule has 2 rings (SSSR count). The van der Waals surface area contributed by atoms with Crippen molar-refractivity contribution in [3.05, 3.63) is 53.1 Å². The van der Waals surface area contributed by atoms with E-state index in [2.05, 4.69) is 5.32 Å². The third kappa shape index (κ3) is 4.81. The molecular weight excluding hydrogens is 290 g/mol. The van der Waals surface area contributed by atoms with Crippen LogP contribution in [-0.4, -0.2) is 18.0 Å². The molecule has 0 radical (unpaired) electrons. The van der Waals surface area contributed by atoms with Crippen LogP contribution in [-0.2, 0) is 16.1 Å². The van der Waals surface area contributed by atoms with Gasteiger partial charge in [0.05, 0.1) is 0 Å². The molecule has 0 heterocycles. The third-order valence-electron chi connectivity index (χ3n) is 3.50. The number of alkyl carbamates (subject to hydrolysis) is 1. The molecule has 0 fully saturated rings. The summed E-state index contributed by atoms with van der Waals surface area (Å²) in [4.78, 5) is 23.1. The highest BCUT2D eigenvalue weighted by Gasteiger charge is 2.17. The Morgan fingerprint density at radius 3 is 2.74 bits per heavy atom. The smallest absolute Gasteiger partial charge is 0.407 e. The van der Waals surface area contributed by atoms with Crippen LogP contribution in [0, 0.1) is 0 Å². The van der Waals surface area contributed by atoms with Crippen molar-refractivity contribution in [2.75, 3.05) is 0 Å². The molecular formula is C19H23NO3. The maximum absolute atomic E-state index is 11.8. The van der Waals surface area contributed by atoms with Crippen molar-refractivity contribution in [1.29, 1.82) is 0 Å². The quantitative estimate of drug-likeness (QED) is 0.854. The molecule has 122 valence electrons. The van der Waals surface area contributed by atoms with E-state index < -0.39 is 11.7 Å². The Bertz CT molecular complexity index is 651. The summed E-state index contributed by atoms with van der Waals surface area (Å²) < 4.78 is 5.26. The van der Waals surface area contributed by atoms with E-state index in [0.717, 1.165) is 35.8 Å². The first-order chi connectivity index (χ1) is 10.9. The van der Waals surface area contributed by atoms with Crippen LogP contribution in [0.25, 0.3) is 5.57 Å². The highest BCUT2D eigenvalue weighted by molar-refractivity contribution is 5.92. The molecule has 0 aliphatic heterocycles. The fraction of sp³-hybridized carbons (Fsp3) is 0.368. The molecule has 23 heavy (non-hydrogen) atoms. The molecule has 1 aliphatic carbocycles. The second-order valence-electron chi connectivity index (χ2n) is 6.51. The zero-order valence-corrected chi connectivity index (χ0v) is 13.9. The molecule has 1 aromatic rings. The van der Waals surface area contributed by atoms with Crippen LogP contribution in [0.4, 0.5) is 4.79 Å². The first-order valence-corrected chi connectivity index (χ1v) is 7.81. The van der Waals surface area contributed by atoms with E-state index in [-0.39, 0.29) is 0 Å². The molecule has 0 aromatic heterocycles. The van der Waals surface area contributed by atoms with Gasteiger partial charge in [0, 0.05) is 12.1 Å². The molecule has 1 N–H and O–H groups in total. The van der Waals surface area contributed by atoms with Gasteiger partial charge in [-0.2, -0.15) is 0 Å². The van der Waals surface area contributed by atoms with E-state index in [9.17, 15) is 9.59 Å². The first kappa shape index (κ1) is 17.0. The minimum Gasteiger partial charge on any atom is -0.444 e. The molecule has 1 aliphatic rings. The van der Waals surface area contributed by atoms with Crippen molar-refractivity contribution >= 4 is 18.0 Å². The fourth-order valence-corrected chi connectivity index (χ4v) is 2.53. The topological polar surface area (TPSA) is 55.4 Å². The number of hydrogen-bond acceptors (Lipinski definition) is 3. The fourth-order valence-electron chi connectivity index (χ4n) is 2.53. The van der Waals surface area contributed by atoms with Gasteiger partial charge in [-0.05, 0) is 50.3 Å². The second kappa shape index (κ2) is 7.27. The number of carbonyl (C=O) groups is 2. The van der Waals surface area contributed by atoms with Crippen molar-refractivity contribution in [3.8, 4) is 0 Å². The maximum atomic E-state index is 11.8. The Morgan fingerprint density at radius 1 is 1.30 bits per heavy atom. The molecule has 4 heteroatoms. The largest absolute Gasteiger partial charge is 0.444 e. The van der Waals surface area contributed by atoms with E-state index in [1.807, 2.05) is 57.2 Å². The van der Waals surface area contributed by atoms with Gasteiger partial charge >= 0.3 is 6.09 Å². The van der Waals surface area contributed by atoms with Crippen LogP contribution in [0.3, 0.4) is 0 Å². The molecule has 0 unspecified atom stereocenters. The highest BCUT2D eigenvalue weighted by atomic mass is 16.6. The van der Waals surface area contributed by atoms with Crippen LogP contribution >= 0.6 is 0 Å². The predicted octanol–water partition coefficient (Wildman–Crippen LogP) is 4.01. The van der Waals surface area contributed by atoms with E-state index >= 15 is 0 Å². The van der Waals surface area contributed by atoms with Gasteiger partial charge in [0.25, 0.3) is 0 Å². The number of carbonyl (C=O) groups excluding carboxylic acids is 2. The number of ether oxygens (including phenoxy) is 1. The Kier molecular flexibility index (Phi) is 5.37. The summed E-state index contributed by atoms with van der Waals surface area (Å²) >= 11 is 0. The van der Waals surface area contributed by atoms with Gasteiger partial charge < -0.3 is 10.1 Å². The van der Waals surface area contributed by atoms with Crippen LogP contribution < -0.4 is 5.32 Å². The van der Waals surface area contributed by atoms with Gasteiger partial charge in [-0.3, -0.25) is 4.79 Å². The summed E-state index contributed by atoms with van der Waals surface area (Å²) in [6, 6.07) is 7.82. The van der Waals surface area contributed by atoms with Gasteiger partial charge in [-0.25, -0.2) is 4.79 Å². The minimum atomic E-state index is -0.523. The van der Waals surface area contributed by atoms with Crippen LogP contribution in [0.5, 0.6) is 0 Å². The number of rotatable bonds is 4. The third-order valence-corrected chi connectivity index (χ3v) is 3.50. The molecule has 1 aromatic carbocycles. The minimum absolute atomic E-state index is 0.366.